The molecule has 6 nitrogen and oxygen atoms in total. The molecule has 3 aromatic rings. The fourth-order valence-corrected chi connectivity index (χ4v) is 5.89. The Kier molecular flexibility index (Phi) is 8.17. The van der Waals surface area contributed by atoms with Crippen molar-refractivity contribution in [1.29, 1.82) is 0 Å². The number of aliphatic hydroxyl groups is 4. The molecule has 0 amide bonds. The predicted octanol–water partition coefficient (Wildman–Crippen LogP) is 3.87. The average Bonchev–Trinajstić information content (AvgIpc) is 2.93. The van der Waals surface area contributed by atoms with Crippen LogP contribution in [0.1, 0.15) is 65.7 Å². The lowest BCUT2D eigenvalue weighted by Gasteiger charge is -2.40. The number of benzene rings is 3. The van der Waals surface area contributed by atoms with Crippen molar-refractivity contribution in [1.82, 2.24) is 0 Å². The van der Waals surface area contributed by atoms with Gasteiger partial charge < -0.3 is 30.1 Å². The largest absolute Gasteiger partial charge is 0.394 e. The first-order valence-electron chi connectivity index (χ1n) is 13.7. The van der Waals surface area contributed by atoms with Crippen molar-refractivity contribution in [2.24, 2.45) is 0 Å². The number of anilines is 1. The van der Waals surface area contributed by atoms with Crippen molar-refractivity contribution in [3.63, 3.8) is 0 Å². The van der Waals surface area contributed by atoms with E-state index in [4.69, 9.17) is 4.74 Å². The number of aryl methyl sites for hydroxylation is 1. The Morgan fingerprint density at radius 1 is 0.895 bits per heavy atom. The summed E-state index contributed by atoms with van der Waals surface area (Å²) in [6.45, 7) is 5.82. The maximum Gasteiger partial charge on any atom is 0.113 e. The van der Waals surface area contributed by atoms with Crippen LogP contribution in [0.2, 0.25) is 0 Å². The molecule has 2 aliphatic heterocycles. The Labute approximate surface area is 225 Å². The van der Waals surface area contributed by atoms with Crippen LogP contribution in [0, 0.1) is 0 Å². The number of aliphatic hydroxyl groups excluding tert-OH is 4. The second-order valence-electron chi connectivity index (χ2n) is 11.0. The summed E-state index contributed by atoms with van der Waals surface area (Å²) in [6.07, 6.45) is -2.85. The van der Waals surface area contributed by atoms with Crippen LogP contribution in [-0.4, -0.2) is 58.0 Å². The number of hydrogen-bond acceptors (Lipinski definition) is 6. The zero-order valence-corrected chi connectivity index (χ0v) is 22.2. The van der Waals surface area contributed by atoms with Crippen LogP contribution in [0.5, 0.6) is 0 Å². The lowest BCUT2D eigenvalue weighted by Crippen LogP contribution is -2.55. The van der Waals surface area contributed by atoms with Crippen LogP contribution >= 0.6 is 0 Å². The highest BCUT2D eigenvalue weighted by Crippen LogP contribution is 2.36. The van der Waals surface area contributed by atoms with E-state index in [1.54, 1.807) is 0 Å². The molecule has 4 N–H and O–H groups in total. The number of ether oxygens (including phenoxy) is 1. The first-order chi connectivity index (χ1) is 18.4. The smallest absolute Gasteiger partial charge is 0.113 e. The SMILES string of the molecule is CC(C)c1ccc([C@@H]2O[C@H](CO)[C@@H](O)C(O)[C@H]2O)cc1Cc1ccc2c(c1)N(Cc1ccccc1)CCC2. The zero-order chi connectivity index (χ0) is 26.8. The first kappa shape index (κ1) is 26.9. The molecule has 0 aromatic heterocycles. The van der Waals surface area contributed by atoms with Gasteiger partial charge in [0.1, 0.15) is 30.5 Å². The van der Waals surface area contributed by atoms with Gasteiger partial charge in [0.2, 0.25) is 0 Å². The van der Waals surface area contributed by atoms with Gasteiger partial charge in [0.05, 0.1) is 6.61 Å². The van der Waals surface area contributed by atoms with E-state index in [1.807, 2.05) is 12.1 Å². The summed E-state index contributed by atoms with van der Waals surface area (Å²) < 4.78 is 5.85. The van der Waals surface area contributed by atoms with Gasteiger partial charge in [-0.1, -0.05) is 74.5 Å². The van der Waals surface area contributed by atoms with Gasteiger partial charge >= 0.3 is 0 Å². The molecule has 3 aromatic carbocycles. The van der Waals surface area contributed by atoms with Crippen molar-refractivity contribution < 1.29 is 25.2 Å². The van der Waals surface area contributed by atoms with Crippen LogP contribution < -0.4 is 4.90 Å². The van der Waals surface area contributed by atoms with Crippen LogP contribution in [0.25, 0.3) is 0 Å². The highest BCUT2D eigenvalue weighted by molar-refractivity contribution is 5.58. The van der Waals surface area contributed by atoms with E-state index < -0.39 is 37.1 Å². The second-order valence-corrected chi connectivity index (χ2v) is 11.0. The number of rotatable bonds is 7. The lowest BCUT2D eigenvalue weighted by molar-refractivity contribution is -0.231. The lowest BCUT2D eigenvalue weighted by atomic mass is 9.86. The predicted molar refractivity (Wildman–Crippen MR) is 148 cm³/mol. The summed E-state index contributed by atoms with van der Waals surface area (Å²) in [7, 11) is 0. The summed E-state index contributed by atoms with van der Waals surface area (Å²) in [5.41, 5.74) is 8.29. The highest BCUT2D eigenvalue weighted by Gasteiger charge is 2.44. The minimum atomic E-state index is -1.39. The minimum absolute atomic E-state index is 0.307. The van der Waals surface area contributed by atoms with Gasteiger partial charge in [0.25, 0.3) is 0 Å². The molecule has 2 heterocycles. The third-order valence-electron chi connectivity index (χ3n) is 7.99. The van der Waals surface area contributed by atoms with Gasteiger partial charge in [-0.2, -0.15) is 0 Å². The molecule has 1 saturated heterocycles. The molecule has 0 radical (unpaired) electrons. The molecule has 0 aliphatic carbocycles. The third kappa shape index (κ3) is 5.51. The molecule has 5 rings (SSSR count). The average molecular weight is 518 g/mol. The van der Waals surface area contributed by atoms with E-state index in [2.05, 4.69) is 73.3 Å². The van der Waals surface area contributed by atoms with E-state index in [0.717, 1.165) is 43.5 Å². The Balaban J connectivity index is 1.44. The summed E-state index contributed by atoms with van der Waals surface area (Å²) in [5.74, 6) is 0.307. The molecule has 38 heavy (non-hydrogen) atoms. The topological polar surface area (TPSA) is 93.4 Å². The highest BCUT2D eigenvalue weighted by atomic mass is 16.5. The van der Waals surface area contributed by atoms with Crippen LogP contribution in [0.15, 0.2) is 66.7 Å². The van der Waals surface area contributed by atoms with Gasteiger partial charge in [0.15, 0.2) is 0 Å². The normalized spacial score (nSPS) is 25.4. The van der Waals surface area contributed by atoms with Gasteiger partial charge in [0, 0.05) is 18.8 Å². The van der Waals surface area contributed by atoms with E-state index in [-0.39, 0.29) is 0 Å². The number of nitrogens with zero attached hydrogens (tertiary/aromatic N) is 1. The molecule has 1 fully saturated rings. The maximum absolute atomic E-state index is 10.7. The Morgan fingerprint density at radius 2 is 1.68 bits per heavy atom. The van der Waals surface area contributed by atoms with Crippen molar-refractivity contribution >= 4 is 5.69 Å². The Morgan fingerprint density at radius 3 is 2.42 bits per heavy atom. The maximum atomic E-state index is 10.7. The van der Waals surface area contributed by atoms with Gasteiger partial charge in [-0.3, -0.25) is 0 Å². The standard InChI is InChI=1S/C32H39NO5/c1-20(2)26-13-12-24(32-31(37)30(36)29(35)28(19-34)38-32)17-25(26)15-22-10-11-23-9-6-14-33(27(23)16-22)18-21-7-4-3-5-8-21/h3-5,7-8,10-13,16-17,20,28-32,34-37H,6,9,14-15,18-19H2,1-2H3/t28-,29-,30?,31-,32+/m1/s1. The molecule has 2 aliphatic rings. The molecular formula is C32H39NO5. The van der Waals surface area contributed by atoms with Crippen molar-refractivity contribution in [3.8, 4) is 0 Å². The zero-order valence-electron chi connectivity index (χ0n) is 22.2. The molecular weight excluding hydrogens is 478 g/mol. The van der Waals surface area contributed by atoms with Crippen molar-refractivity contribution in [2.75, 3.05) is 18.1 Å². The van der Waals surface area contributed by atoms with Crippen LogP contribution in [0.3, 0.4) is 0 Å². The first-order valence-corrected chi connectivity index (χ1v) is 13.7. The summed E-state index contributed by atoms with van der Waals surface area (Å²) in [6, 6.07) is 23.4. The molecule has 6 heteroatoms. The van der Waals surface area contributed by atoms with Gasteiger partial charge in [-0.15, -0.1) is 0 Å². The fourth-order valence-electron chi connectivity index (χ4n) is 5.89. The summed E-state index contributed by atoms with van der Waals surface area (Å²) in [4.78, 5) is 2.48. The Hall–Kier alpha value is -2.74. The van der Waals surface area contributed by atoms with Gasteiger partial charge in [-0.25, -0.2) is 0 Å². The summed E-state index contributed by atoms with van der Waals surface area (Å²) >= 11 is 0. The van der Waals surface area contributed by atoms with Crippen molar-refractivity contribution in [2.45, 2.75) is 76.1 Å². The van der Waals surface area contributed by atoms with E-state index in [1.165, 1.54) is 27.9 Å². The molecule has 0 saturated carbocycles. The monoisotopic (exact) mass is 517 g/mol. The molecule has 0 bridgehead atoms. The molecule has 5 atom stereocenters. The van der Waals surface area contributed by atoms with Crippen LogP contribution in [-0.2, 0) is 24.1 Å². The Bertz CT molecular complexity index is 1230. The number of fused-ring (bicyclic) bond motifs is 1. The fraction of sp³-hybridized carbons (Fsp3) is 0.438. The molecule has 202 valence electrons. The summed E-state index contributed by atoms with van der Waals surface area (Å²) in [5, 5.41) is 40.8. The second kappa shape index (κ2) is 11.6. The van der Waals surface area contributed by atoms with E-state index in [9.17, 15) is 20.4 Å². The van der Waals surface area contributed by atoms with Crippen molar-refractivity contribution in [3.05, 3.63) is 100 Å². The third-order valence-corrected chi connectivity index (χ3v) is 7.99. The van der Waals surface area contributed by atoms with Gasteiger partial charge in [-0.05, 0) is 64.6 Å². The number of hydrogen-bond donors (Lipinski definition) is 4. The van der Waals surface area contributed by atoms with E-state index in [0.29, 0.717) is 5.92 Å². The minimum Gasteiger partial charge on any atom is -0.394 e. The molecule has 0 spiro atoms. The molecule has 1 unspecified atom stereocenters. The van der Waals surface area contributed by atoms with E-state index >= 15 is 0 Å². The van der Waals surface area contributed by atoms with Crippen LogP contribution in [0.4, 0.5) is 5.69 Å². The quantitative estimate of drug-likeness (QED) is 0.380.